The monoisotopic (exact) mass is 344 g/mol. The fraction of sp³-hybridized carbons (Fsp3) is 0.200. The molecule has 1 amide bonds. The highest BCUT2D eigenvalue weighted by molar-refractivity contribution is 7.99. The van der Waals surface area contributed by atoms with E-state index in [0.717, 1.165) is 11.1 Å². The minimum atomic E-state index is -0.240. The molecule has 3 aromatic rings. The van der Waals surface area contributed by atoms with E-state index in [1.54, 1.807) is 13.0 Å². The minimum absolute atomic E-state index is 0.128. The quantitative estimate of drug-likeness (QED) is 0.537. The van der Waals surface area contributed by atoms with Gasteiger partial charge in [0, 0.05) is 11.6 Å². The lowest BCUT2D eigenvalue weighted by Crippen LogP contribution is -2.16. The Morgan fingerprint density at radius 2 is 2.04 bits per heavy atom. The second-order valence-corrected chi connectivity index (χ2v) is 6.15. The number of hydrogen-bond donors (Lipinski definition) is 2. The number of aromatic nitrogens is 4. The van der Waals surface area contributed by atoms with Gasteiger partial charge in [-0.15, -0.1) is 10.2 Å². The third kappa shape index (κ3) is 3.57. The highest BCUT2D eigenvalue weighted by atomic mass is 32.2. The summed E-state index contributed by atoms with van der Waals surface area (Å²) in [4.78, 5) is 11.9. The third-order valence-corrected chi connectivity index (χ3v) is 4.14. The highest BCUT2D eigenvalue weighted by Crippen LogP contribution is 2.22. The number of nitrogens with zero attached hydrogens (tertiary/aromatic N) is 4. The Hall–Kier alpha value is -2.81. The number of amides is 1. The van der Waals surface area contributed by atoms with Crippen molar-refractivity contribution in [3.63, 3.8) is 0 Å². The first kappa shape index (κ1) is 16.1. The Balaban J connectivity index is 1.63. The normalized spacial score (nSPS) is 10.8. The number of aryl methyl sites for hydroxylation is 2. The van der Waals surface area contributed by atoms with E-state index < -0.39 is 0 Å². The zero-order valence-corrected chi connectivity index (χ0v) is 14.0. The molecule has 8 nitrogen and oxygen atoms in total. The third-order valence-electron chi connectivity index (χ3n) is 3.20. The Labute approximate surface area is 142 Å². The lowest BCUT2D eigenvalue weighted by molar-refractivity contribution is -0.113. The molecule has 2 aromatic heterocycles. The summed E-state index contributed by atoms with van der Waals surface area (Å²) in [6, 6.07) is 9.45. The van der Waals surface area contributed by atoms with Gasteiger partial charge in [0.25, 0.3) is 0 Å². The standard InChI is InChI=1S/C15H16N6O2S/c1-9-3-5-11(6-4-9)14-18-19-15(21(14)16)24-8-12(22)17-13-7-10(2)20-23-13/h3-7H,8,16H2,1-2H3,(H,17,22). The van der Waals surface area contributed by atoms with Gasteiger partial charge in [0.2, 0.25) is 16.9 Å². The summed E-state index contributed by atoms with van der Waals surface area (Å²) in [5.74, 6) is 6.77. The van der Waals surface area contributed by atoms with Gasteiger partial charge >= 0.3 is 0 Å². The van der Waals surface area contributed by atoms with Gasteiger partial charge in [-0.3, -0.25) is 10.1 Å². The van der Waals surface area contributed by atoms with Gasteiger partial charge in [0.1, 0.15) is 0 Å². The average Bonchev–Trinajstić information content (AvgIpc) is 3.12. The first-order valence-electron chi connectivity index (χ1n) is 7.16. The van der Waals surface area contributed by atoms with Crippen LogP contribution >= 0.6 is 11.8 Å². The zero-order chi connectivity index (χ0) is 17.1. The Morgan fingerprint density at radius 3 is 2.71 bits per heavy atom. The summed E-state index contributed by atoms with van der Waals surface area (Å²) in [5.41, 5.74) is 2.71. The molecule has 0 aliphatic rings. The molecule has 3 rings (SSSR count). The van der Waals surface area contributed by atoms with Crippen LogP contribution < -0.4 is 11.2 Å². The number of carbonyl (C=O) groups is 1. The Kier molecular flexibility index (Phi) is 4.52. The smallest absolute Gasteiger partial charge is 0.237 e. The van der Waals surface area contributed by atoms with Crippen LogP contribution in [0.4, 0.5) is 5.88 Å². The number of nitrogens with one attached hydrogen (secondary N) is 1. The van der Waals surface area contributed by atoms with Crippen LogP contribution in [0.3, 0.4) is 0 Å². The molecule has 0 fully saturated rings. The molecule has 2 heterocycles. The van der Waals surface area contributed by atoms with Gasteiger partial charge in [-0.25, -0.2) is 4.68 Å². The number of hydrogen-bond acceptors (Lipinski definition) is 7. The first-order chi connectivity index (χ1) is 11.5. The molecule has 0 radical (unpaired) electrons. The van der Waals surface area contributed by atoms with Crippen molar-refractivity contribution in [2.75, 3.05) is 16.9 Å². The van der Waals surface area contributed by atoms with Crippen molar-refractivity contribution in [3.05, 3.63) is 41.6 Å². The molecule has 0 aliphatic heterocycles. The van der Waals surface area contributed by atoms with E-state index >= 15 is 0 Å². The number of rotatable bonds is 5. The van der Waals surface area contributed by atoms with Crippen LogP contribution in [0.5, 0.6) is 0 Å². The second kappa shape index (κ2) is 6.75. The van der Waals surface area contributed by atoms with E-state index in [0.29, 0.717) is 22.6 Å². The zero-order valence-electron chi connectivity index (χ0n) is 13.2. The molecule has 24 heavy (non-hydrogen) atoms. The first-order valence-corrected chi connectivity index (χ1v) is 8.15. The van der Waals surface area contributed by atoms with Gasteiger partial charge in [0.05, 0.1) is 11.4 Å². The van der Waals surface area contributed by atoms with E-state index in [-0.39, 0.29) is 11.7 Å². The van der Waals surface area contributed by atoms with Crippen LogP contribution in [0.2, 0.25) is 0 Å². The van der Waals surface area contributed by atoms with Crippen molar-refractivity contribution in [1.82, 2.24) is 20.0 Å². The summed E-state index contributed by atoms with van der Waals surface area (Å²) >= 11 is 1.19. The van der Waals surface area contributed by atoms with Crippen LogP contribution in [0.1, 0.15) is 11.3 Å². The number of benzene rings is 1. The molecule has 0 saturated heterocycles. The van der Waals surface area contributed by atoms with Crippen molar-refractivity contribution >= 4 is 23.6 Å². The maximum atomic E-state index is 11.9. The molecular weight excluding hydrogens is 328 g/mol. The van der Waals surface area contributed by atoms with Gasteiger partial charge in [-0.1, -0.05) is 46.7 Å². The van der Waals surface area contributed by atoms with Crippen molar-refractivity contribution < 1.29 is 9.32 Å². The number of nitrogens with two attached hydrogens (primary N) is 1. The van der Waals surface area contributed by atoms with E-state index in [4.69, 9.17) is 10.4 Å². The van der Waals surface area contributed by atoms with E-state index in [1.165, 1.54) is 16.4 Å². The number of nitrogen functional groups attached to an aromatic ring is 1. The fourth-order valence-corrected chi connectivity index (χ4v) is 2.66. The van der Waals surface area contributed by atoms with Gasteiger partial charge in [-0.2, -0.15) is 0 Å². The number of thioether (sulfide) groups is 1. The lowest BCUT2D eigenvalue weighted by Gasteiger charge is -2.04. The summed E-state index contributed by atoms with van der Waals surface area (Å²) in [5, 5.41) is 14.9. The number of carbonyl (C=O) groups excluding carboxylic acids is 1. The molecule has 9 heteroatoms. The van der Waals surface area contributed by atoms with Crippen LogP contribution in [0, 0.1) is 13.8 Å². The maximum absolute atomic E-state index is 11.9. The second-order valence-electron chi connectivity index (χ2n) is 5.21. The van der Waals surface area contributed by atoms with Gasteiger partial charge < -0.3 is 10.4 Å². The van der Waals surface area contributed by atoms with Crippen molar-refractivity contribution in [2.45, 2.75) is 19.0 Å². The molecule has 1 aromatic carbocycles. The minimum Gasteiger partial charge on any atom is -0.338 e. The van der Waals surface area contributed by atoms with E-state index in [9.17, 15) is 4.79 Å². The molecule has 0 bridgehead atoms. The van der Waals surface area contributed by atoms with Crippen LogP contribution in [-0.4, -0.2) is 31.7 Å². The lowest BCUT2D eigenvalue weighted by atomic mass is 10.1. The SMILES string of the molecule is Cc1ccc(-c2nnc(SCC(=O)Nc3cc(C)no3)n2N)cc1. The van der Waals surface area contributed by atoms with Crippen LogP contribution in [0.15, 0.2) is 40.0 Å². The summed E-state index contributed by atoms with van der Waals surface area (Å²) < 4.78 is 6.31. The Morgan fingerprint density at radius 1 is 1.29 bits per heavy atom. The van der Waals surface area contributed by atoms with Gasteiger partial charge in [0.15, 0.2) is 5.82 Å². The predicted molar refractivity (Wildman–Crippen MR) is 90.9 cm³/mol. The average molecular weight is 344 g/mol. The van der Waals surface area contributed by atoms with E-state index in [1.807, 2.05) is 31.2 Å². The molecule has 0 saturated carbocycles. The van der Waals surface area contributed by atoms with Gasteiger partial charge in [-0.05, 0) is 13.8 Å². The Bertz CT molecular complexity index is 855. The molecule has 124 valence electrons. The molecule has 0 unspecified atom stereocenters. The van der Waals surface area contributed by atoms with Crippen molar-refractivity contribution in [2.24, 2.45) is 0 Å². The van der Waals surface area contributed by atoms with Crippen molar-refractivity contribution in [3.8, 4) is 11.4 Å². The topological polar surface area (TPSA) is 112 Å². The summed E-state index contributed by atoms with van der Waals surface area (Å²) in [7, 11) is 0. The van der Waals surface area contributed by atoms with Crippen molar-refractivity contribution in [1.29, 1.82) is 0 Å². The largest absolute Gasteiger partial charge is 0.338 e. The predicted octanol–water partition coefficient (Wildman–Crippen LogP) is 1.99. The maximum Gasteiger partial charge on any atom is 0.237 e. The van der Waals surface area contributed by atoms with E-state index in [2.05, 4.69) is 20.7 Å². The molecule has 3 N–H and O–H groups in total. The number of anilines is 1. The van der Waals surface area contributed by atoms with Crippen LogP contribution in [-0.2, 0) is 4.79 Å². The molecular formula is C15H16N6O2S. The fourth-order valence-electron chi connectivity index (χ4n) is 2.00. The molecule has 0 spiro atoms. The molecule has 0 aliphatic carbocycles. The summed E-state index contributed by atoms with van der Waals surface area (Å²) in [6.45, 7) is 3.78. The molecule has 0 atom stereocenters. The highest BCUT2D eigenvalue weighted by Gasteiger charge is 2.14. The summed E-state index contributed by atoms with van der Waals surface area (Å²) in [6.07, 6.45) is 0. The van der Waals surface area contributed by atoms with Crippen LogP contribution in [0.25, 0.3) is 11.4 Å².